The van der Waals surface area contributed by atoms with Crippen LogP contribution in [0.1, 0.15) is 5.56 Å². The quantitative estimate of drug-likeness (QED) is 0.764. The molecule has 0 aliphatic heterocycles. The highest BCUT2D eigenvalue weighted by molar-refractivity contribution is 9.11. The third-order valence-corrected chi connectivity index (χ3v) is 3.57. The van der Waals surface area contributed by atoms with E-state index < -0.39 is 0 Å². The summed E-state index contributed by atoms with van der Waals surface area (Å²) in [5.74, 6) is 0.329. The van der Waals surface area contributed by atoms with Gasteiger partial charge in [0.05, 0.1) is 5.69 Å². The summed E-state index contributed by atoms with van der Waals surface area (Å²) in [7, 11) is 0. The maximum absolute atomic E-state index is 5.76. The molecule has 0 radical (unpaired) electrons. The van der Waals surface area contributed by atoms with Crippen LogP contribution in [0.5, 0.6) is 0 Å². The molecule has 1 aromatic carbocycles. The number of hydrogen-bond donors (Lipinski definition) is 2. The van der Waals surface area contributed by atoms with Crippen LogP contribution < -0.4 is 5.73 Å². The van der Waals surface area contributed by atoms with Gasteiger partial charge in [-0.25, -0.2) is 5.10 Å². The van der Waals surface area contributed by atoms with E-state index in [9.17, 15) is 0 Å². The first-order chi connectivity index (χ1) is 7.50. The van der Waals surface area contributed by atoms with Crippen LogP contribution in [0, 0.1) is 11.7 Å². The Morgan fingerprint density at radius 3 is 2.38 bits per heavy atom. The van der Waals surface area contributed by atoms with Gasteiger partial charge in [0, 0.05) is 8.95 Å². The van der Waals surface area contributed by atoms with Gasteiger partial charge in [0.15, 0.2) is 0 Å². The van der Waals surface area contributed by atoms with Gasteiger partial charge in [0.1, 0.15) is 0 Å². The molecule has 0 aliphatic carbocycles. The van der Waals surface area contributed by atoms with Crippen molar-refractivity contribution in [3.63, 3.8) is 0 Å². The van der Waals surface area contributed by atoms with Crippen LogP contribution in [-0.4, -0.2) is 14.8 Å². The van der Waals surface area contributed by atoms with Crippen molar-refractivity contribution >= 4 is 50.0 Å². The molecule has 7 heteroatoms. The van der Waals surface area contributed by atoms with Crippen LogP contribution in [-0.2, 0) is 0 Å². The first kappa shape index (κ1) is 11.8. The Hall–Kier alpha value is -0.660. The van der Waals surface area contributed by atoms with Gasteiger partial charge >= 0.3 is 0 Å². The number of halogens is 2. The molecule has 0 saturated heterocycles. The van der Waals surface area contributed by atoms with Crippen molar-refractivity contribution in [2.24, 2.45) is 0 Å². The second kappa shape index (κ2) is 4.31. The summed E-state index contributed by atoms with van der Waals surface area (Å²) in [4.78, 5) is 0. The van der Waals surface area contributed by atoms with Gasteiger partial charge < -0.3 is 5.73 Å². The topological polar surface area (TPSA) is 59.6 Å². The van der Waals surface area contributed by atoms with Crippen LogP contribution in [0.25, 0.3) is 5.69 Å². The highest BCUT2D eigenvalue weighted by atomic mass is 79.9. The molecule has 0 aliphatic rings. The zero-order chi connectivity index (χ0) is 11.9. The Bertz CT molecular complexity index is 579. The monoisotopic (exact) mass is 362 g/mol. The Morgan fingerprint density at radius 1 is 1.38 bits per heavy atom. The molecular formula is C9H8Br2N4S. The summed E-state index contributed by atoms with van der Waals surface area (Å²) >= 11 is 12.1. The number of aromatic amines is 1. The molecular weight excluding hydrogens is 356 g/mol. The summed E-state index contributed by atoms with van der Waals surface area (Å²) < 4.78 is 3.94. The van der Waals surface area contributed by atoms with E-state index in [4.69, 9.17) is 18.0 Å². The van der Waals surface area contributed by atoms with Crippen molar-refractivity contribution in [3.05, 3.63) is 31.4 Å². The molecule has 1 heterocycles. The van der Waals surface area contributed by atoms with Gasteiger partial charge in [-0.2, -0.15) is 0 Å². The van der Waals surface area contributed by atoms with Crippen molar-refractivity contribution in [2.45, 2.75) is 6.92 Å². The zero-order valence-corrected chi connectivity index (χ0v) is 12.3. The molecule has 4 nitrogen and oxygen atoms in total. The summed E-state index contributed by atoms with van der Waals surface area (Å²) in [6.07, 6.45) is 0. The lowest BCUT2D eigenvalue weighted by Crippen LogP contribution is -2.03. The Kier molecular flexibility index (Phi) is 3.18. The molecule has 84 valence electrons. The van der Waals surface area contributed by atoms with E-state index in [1.54, 1.807) is 4.57 Å². The maximum Gasteiger partial charge on any atom is 0.225 e. The van der Waals surface area contributed by atoms with Crippen LogP contribution in [0.2, 0.25) is 0 Å². The molecule has 0 saturated carbocycles. The number of benzene rings is 1. The molecule has 0 fully saturated rings. The van der Waals surface area contributed by atoms with Crippen molar-refractivity contribution in [2.75, 3.05) is 5.73 Å². The minimum Gasteiger partial charge on any atom is -0.368 e. The molecule has 2 aromatic rings. The standard InChI is InChI=1S/C9H8Br2N4S/c1-4-2-5(10)7(6(11)3-4)15-8(12)13-14-9(15)16/h2-3H,1H3,(H2,12,13)(H,14,16). The van der Waals surface area contributed by atoms with Gasteiger partial charge in [-0.15, -0.1) is 5.10 Å². The predicted octanol–water partition coefficient (Wildman–Crippen LogP) is 3.35. The van der Waals surface area contributed by atoms with Crippen LogP contribution in [0.15, 0.2) is 21.1 Å². The molecule has 2 rings (SSSR count). The first-order valence-electron chi connectivity index (χ1n) is 4.39. The fourth-order valence-corrected chi connectivity index (χ4v) is 3.43. The molecule has 3 N–H and O–H groups in total. The number of H-pyrrole nitrogens is 1. The van der Waals surface area contributed by atoms with Gasteiger partial charge in [-0.3, -0.25) is 4.57 Å². The number of aromatic nitrogens is 3. The second-order valence-electron chi connectivity index (χ2n) is 3.30. The minimum absolute atomic E-state index is 0.329. The molecule has 16 heavy (non-hydrogen) atoms. The van der Waals surface area contributed by atoms with Crippen molar-refractivity contribution in [1.29, 1.82) is 0 Å². The lowest BCUT2D eigenvalue weighted by atomic mass is 10.2. The highest BCUT2D eigenvalue weighted by Crippen LogP contribution is 2.31. The summed E-state index contributed by atoms with van der Waals surface area (Å²) in [6, 6.07) is 3.99. The second-order valence-corrected chi connectivity index (χ2v) is 5.39. The normalized spacial score (nSPS) is 10.7. The molecule has 0 atom stereocenters. The summed E-state index contributed by atoms with van der Waals surface area (Å²) in [6.45, 7) is 2.01. The van der Waals surface area contributed by atoms with Gasteiger partial charge in [0.25, 0.3) is 0 Å². The van der Waals surface area contributed by atoms with E-state index >= 15 is 0 Å². The van der Waals surface area contributed by atoms with E-state index in [0.717, 1.165) is 20.2 Å². The number of rotatable bonds is 1. The van der Waals surface area contributed by atoms with Crippen molar-refractivity contribution < 1.29 is 0 Å². The van der Waals surface area contributed by atoms with Crippen LogP contribution in [0.4, 0.5) is 5.95 Å². The number of nitrogen functional groups attached to an aromatic ring is 1. The molecule has 0 amide bonds. The summed E-state index contributed by atoms with van der Waals surface area (Å²) in [5.41, 5.74) is 7.75. The number of hydrogen-bond acceptors (Lipinski definition) is 3. The third kappa shape index (κ3) is 1.94. The number of nitrogens with one attached hydrogen (secondary N) is 1. The minimum atomic E-state index is 0.329. The Morgan fingerprint density at radius 2 is 1.94 bits per heavy atom. The van der Waals surface area contributed by atoms with E-state index in [2.05, 4.69) is 42.1 Å². The smallest absolute Gasteiger partial charge is 0.225 e. The van der Waals surface area contributed by atoms with E-state index in [1.807, 2.05) is 19.1 Å². The largest absolute Gasteiger partial charge is 0.368 e. The number of aryl methyl sites for hydroxylation is 1. The average Bonchev–Trinajstić information content (AvgIpc) is 2.47. The Labute approximate surface area is 114 Å². The zero-order valence-electron chi connectivity index (χ0n) is 8.29. The Balaban J connectivity index is 2.79. The number of nitrogens with two attached hydrogens (primary N) is 1. The maximum atomic E-state index is 5.76. The predicted molar refractivity (Wildman–Crippen MR) is 73.3 cm³/mol. The van der Waals surface area contributed by atoms with Crippen molar-refractivity contribution in [3.8, 4) is 5.69 Å². The van der Waals surface area contributed by atoms with Crippen LogP contribution >= 0.6 is 44.1 Å². The molecule has 0 bridgehead atoms. The first-order valence-corrected chi connectivity index (χ1v) is 6.39. The number of anilines is 1. The van der Waals surface area contributed by atoms with E-state index in [-0.39, 0.29) is 0 Å². The highest BCUT2D eigenvalue weighted by Gasteiger charge is 2.12. The third-order valence-electron chi connectivity index (χ3n) is 2.08. The molecule has 1 aromatic heterocycles. The summed E-state index contributed by atoms with van der Waals surface area (Å²) in [5, 5.41) is 6.53. The van der Waals surface area contributed by atoms with E-state index in [1.165, 1.54) is 0 Å². The molecule has 0 spiro atoms. The van der Waals surface area contributed by atoms with Crippen molar-refractivity contribution in [1.82, 2.24) is 14.8 Å². The van der Waals surface area contributed by atoms with Gasteiger partial charge in [-0.05, 0) is 68.7 Å². The SMILES string of the molecule is Cc1cc(Br)c(-n2c(N)n[nH]c2=S)c(Br)c1. The van der Waals surface area contributed by atoms with Gasteiger partial charge in [0.2, 0.25) is 10.7 Å². The van der Waals surface area contributed by atoms with E-state index in [0.29, 0.717) is 10.7 Å². The van der Waals surface area contributed by atoms with Gasteiger partial charge in [-0.1, -0.05) is 0 Å². The van der Waals surface area contributed by atoms with Crippen LogP contribution in [0.3, 0.4) is 0 Å². The molecule has 0 unspecified atom stereocenters. The lowest BCUT2D eigenvalue weighted by Gasteiger charge is -2.10. The lowest BCUT2D eigenvalue weighted by molar-refractivity contribution is 1.02. The average molecular weight is 364 g/mol. The number of nitrogens with zero attached hydrogens (tertiary/aromatic N) is 2. The fourth-order valence-electron chi connectivity index (χ4n) is 1.43. The fraction of sp³-hybridized carbons (Fsp3) is 0.111.